The molecule has 1 heterocycles. The van der Waals surface area contributed by atoms with Gasteiger partial charge < -0.3 is 0 Å². The van der Waals surface area contributed by atoms with E-state index in [1.807, 2.05) is 74.5 Å². The molecule has 5 aromatic rings. The Morgan fingerprint density at radius 1 is 0.595 bits per heavy atom. The normalized spacial score (nSPS) is 12.2. The number of aromatic nitrogens is 1. The molecule has 42 heavy (non-hydrogen) atoms. The minimum atomic E-state index is 0.331. The van der Waals surface area contributed by atoms with Gasteiger partial charge in [-0.2, -0.15) is 0 Å². The van der Waals surface area contributed by atoms with E-state index in [0.29, 0.717) is 10.9 Å². The van der Waals surface area contributed by atoms with Crippen molar-refractivity contribution in [2.45, 2.75) is 47.5 Å². The molecule has 4 heteroatoms. The number of halogens is 1. The van der Waals surface area contributed by atoms with Crippen LogP contribution in [0.3, 0.4) is 0 Å². The fourth-order valence-corrected chi connectivity index (χ4v) is 5.65. The third kappa shape index (κ3) is 6.42. The number of aryl methyl sites for hydroxylation is 4. The molecule has 210 valence electrons. The van der Waals surface area contributed by atoms with Crippen molar-refractivity contribution in [1.82, 2.24) is 4.98 Å². The molecule has 0 aliphatic heterocycles. The summed E-state index contributed by atoms with van der Waals surface area (Å²) in [4.78, 5) is 15.7. The van der Waals surface area contributed by atoms with E-state index in [-0.39, 0.29) is 0 Å². The Morgan fingerprint density at radius 2 is 1.07 bits per heavy atom. The molecular weight excluding hydrogens is 534 g/mol. The van der Waals surface area contributed by atoms with Gasteiger partial charge in [0, 0.05) is 11.1 Å². The van der Waals surface area contributed by atoms with Crippen molar-refractivity contribution >= 4 is 34.4 Å². The molecular formula is C38H36ClN3. The van der Waals surface area contributed by atoms with Crippen LogP contribution in [0.2, 0.25) is 5.02 Å². The van der Waals surface area contributed by atoms with Gasteiger partial charge in [0.25, 0.3) is 0 Å². The molecule has 0 aliphatic carbocycles. The van der Waals surface area contributed by atoms with Crippen LogP contribution in [-0.4, -0.2) is 16.4 Å². The van der Waals surface area contributed by atoms with E-state index < -0.39 is 0 Å². The Hall–Kier alpha value is -4.34. The van der Waals surface area contributed by atoms with E-state index in [1.54, 1.807) is 0 Å². The summed E-state index contributed by atoms with van der Waals surface area (Å²) in [6.45, 7) is 12.8. The summed E-state index contributed by atoms with van der Waals surface area (Å²) in [5.74, 6) is 0.331. The van der Waals surface area contributed by atoms with Crippen LogP contribution < -0.4 is 0 Å². The zero-order chi connectivity index (χ0) is 29.8. The Kier molecular flexibility index (Phi) is 8.80. The average Bonchev–Trinajstić information content (AvgIpc) is 2.97. The molecule has 0 amide bonds. The summed E-state index contributed by atoms with van der Waals surface area (Å²) in [6, 6.07) is 35.0. The molecule has 0 saturated carbocycles. The first-order chi connectivity index (χ1) is 20.2. The average molecular weight is 570 g/mol. The largest absolute Gasteiger partial charge is 0.246 e. The highest BCUT2D eigenvalue weighted by Crippen LogP contribution is 2.34. The summed E-state index contributed by atoms with van der Waals surface area (Å²) >= 11 is 6.73. The molecule has 0 atom stereocenters. The van der Waals surface area contributed by atoms with Crippen molar-refractivity contribution in [3.63, 3.8) is 0 Å². The van der Waals surface area contributed by atoms with Gasteiger partial charge in [-0.15, -0.1) is 0 Å². The second-order valence-electron chi connectivity index (χ2n) is 11.1. The summed E-state index contributed by atoms with van der Waals surface area (Å²) in [6.07, 6.45) is 0. The molecule has 5 rings (SSSR count). The molecule has 0 unspecified atom stereocenters. The van der Waals surface area contributed by atoms with Crippen molar-refractivity contribution in [2.75, 3.05) is 0 Å². The Bertz CT molecular complexity index is 1760. The lowest BCUT2D eigenvalue weighted by Gasteiger charge is -2.16. The van der Waals surface area contributed by atoms with E-state index in [0.717, 1.165) is 62.0 Å². The maximum absolute atomic E-state index is 6.73. The van der Waals surface area contributed by atoms with Crippen LogP contribution in [0.4, 0.5) is 11.4 Å². The molecule has 3 nitrogen and oxygen atoms in total. The lowest BCUT2D eigenvalue weighted by molar-refractivity contribution is 0.863. The highest BCUT2D eigenvalue weighted by Gasteiger charge is 2.17. The first kappa shape index (κ1) is 29.2. The lowest BCUT2D eigenvalue weighted by atomic mass is 9.95. The molecule has 0 radical (unpaired) electrons. The molecule has 1 aromatic heterocycles. The Balaban J connectivity index is 1.74. The fourth-order valence-electron chi connectivity index (χ4n) is 5.29. The molecule has 0 spiro atoms. The number of rotatable bonds is 7. The molecule has 0 aliphatic rings. The van der Waals surface area contributed by atoms with E-state index in [1.165, 1.54) is 11.1 Å². The van der Waals surface area contributed by atoms with E-state index in [4.69, 9.17) is 26.6 Å². The molecule has 0 bridgehead atoms. The first-order valence-corrected chi connectivity index (χ1v) is 14.7. The lowest BCUT2D eigenvalue weighted by Crippen LogP contribution is -2.12. The number of nitrogens with zero attached hydrogens (tertiary/aromatic N) is 3. The van der Waals surface area contributed by atoms with Crippen molar-refractivity contribution < 1.29 is 0 Å². The quantitative estimate of drug-likeness (QED) is 0.180. The van der Waals surface area contributed by atoms with E-state index in [9.17, 15) is 0 Å². The van der Waals surface area contributed by atoms with E-state index >= 15 is 0 Å². The monoisotopic (exact) mass is 569 g/mol. The maximum atomic E-state index is 6.73. The topological polar surface area (TPSA) is 37.6 Å². The first-order valence-electron chi connectivity index (χ1n) is 14.3. The van der Waals surface area contributed by atoms with Gasteiger partial charge in [0.1, 0.15) is 0 Å². The van der Waals surface area contributed by atoms with Gasteiger partial charge in [0.05, 0.1) is 39.2 Å². The Morgan fingerprint density at radius 3 is 1.57 bits per heavy atom. The second-order valence-corrected chi connectivity index (χ2v) is 11.6. The van der Waals surface area contributed by atoms with Gasteiger partial charge >= 0.3 is 0 Å². The van der Waals surface area contributed by atoms with Gasteiger partial charge in [0.15, 0.2) is 0 Å². The molecule has 0 fully saturated rings. The van der Waals surface area contributed by atoms with Crippen LogP contribution in [0.5, 0.6) is 0 Å². The van der Waals surface area contributed by atoms with Gasteiger partial charge in [0.2, 0.25) is 0 Å². The zero-order valence-electron chi connectivity index (χ0n) is 25.1. The standard InChI is InChI=1S/C38H36ClN3/c1-24(2)31-22-25(3)20-27(5)35(31)41-37(29-14-9-7-10-15-29)33-18-13-19-34(40-33)38(30-16-11-8-12-17-30)42-36-28(6)21-26(4)23-32(36)39/h7-24H,1-6H3/b41-37+,42-38+. The highest BCUT2D eigenvalue weighted by molar-refractivity contribution is 6.33. The minimum absolute atomic E-state index is 0.331. The van der Waals surface area contributed by atoms with Crippen molar-refractivity contribution in [3.05, 3.63) is 158 Å². The van der Waals surface area contributed by atoms with Crippen molar-refractivity contribution in [2.24, 2.45) is 9.98 Å². The summed E-state index contributed by atoms with van der Waals surface area (Å²) in [7, 11) is 0. The number of aliphatic imine (C=N–C) groups is 2. The number of pyridine rings is 1. The van der Waals surface area contributed by atoms with Crippen LogP contribution in [0.25, 0.3) is 0 Å². The third-order valence-corrected chi connectivity index (χ3v) is 7.56. The second kappa shape index (κ2) is 12.7. The van der Waals surface area contributed by atoms with Crippen LogP contribution in [0.1, 0.15) is 70.1 Å². The SMILES string of the molecule is Cc1cc(C)c(/N=C(\c2ccccc2)c2cccc(/C(=N/c3c(C)cc(C)cc3C(C)C)c3ccccc3)n2)c(Cl)c1. The predicted molar refractivity (Wildman–Crippen MR) is 179 cm³/mol. The molecule has 0 saturated heterocycles. The van der Waals surface area contributed by atoms with Gasteiger partial charge in [-0.25, -0.2) is 15.0 Å². The Labute approximate surface area is 254 Å². The molecule has 0 N–H and O–H groups in total. The maximum Gasteiger partial charge on any atom is 0.0966 e. The minimum Gasteiger partial charge on any atom is -0.246 e. The van der Waals surface area contributed by atoms with Gasteiger partial charge in [-0.1, -0.05) is 116 Å². The van der Waals surface area contributed by atoms with Crippen molar-refractivity contribution in [3.8, 4) is 0 Å². The van der Waals surface area contributed by atoms with E-state index in [2.05, 4.69) is 70.2 Å². The zero-order valence-corrected chi connectivity index (χ0v) is 25.9. The summed E-state index contributed by atoms with van der Waals surface area (Å²) < 4.78 is 0. The van der Waals surface area contributed by atoms with Crippen LogP contribution in [0, 0.1) is 27.7 Å². The third-order valence-electron chi connectivity index (χ3n) is 7.27. The predicted octanol–water partition coefficient (Wildman–Crippen LogP) is 10.4. The van der Waals surface area contributed by atoms with Crippen LogP contribution in [-0.2, 0) is 0 Å². The van der Waals surface area contributed by atoms with Crippen molar-refractivity contribution in [1.29, 1.82) is 0 Å². The number of hydrogen-bond donors (Lipinski definition) is 0. The van der Waals surface area contributed by atoms with Crippen LogP contribution in [0.15, 0.2) is 113 Å². The summed E-state index contributed by atoms with van der Waals surface area (Å²) in [5, 5.41) is 0.625. The fraction of sp³-hybridized carbons (Fsp3) is 0.184. The van der Waals surface area contributed by atoms with Gasteiger partial charge in [-0.3, -0.25) is 0 Å². The number of hydrogen-bond acceptors (Lipinski definition) is 3. The van der Waals surface area contributed by atoms with Gasteiger partial charge in [-0.05, 0) is 74.1 Å². The number of benzene rings is 4. The summed E-state index contributed by atoms with van der Waals surface area (Å²) in [5.41, 5.74) is 12.6. The highest BCUT2D eigenvalue weighted by atomic mass is 35.5. The molecule has 4 aromatic carbocycles. The van der Waals surface area contributed by atoms with Crippen LogP contribution >= 0.6 is 11.6 Å². The smallest absolute Gasteiger partial charge is 0.0966 e.